The van der Waals surface area contributed by atoms with Crippen LogP contribution in [0.5, 0.6) is 0 Å². The minimum Gasteiger partial charge on any atom is -0.455 e. The molecule has 1 saturated carbocycles. The molecule has 1 heterocycles. The Morgan fingerprint density at radius 2 is 1.45 bits per heavy atom. The molecule has 4 aromatic rings. The van der Waals surface area contributed by atoms with E-state index < -0.39 is 15.8 Å². The van der Waals surface area contributed by atoms with E-state index >= 15 is 0 Å². The zero-order chi connectivity index (χ0) is 37.8. The Morgan fingerprint density at radius 3 is 2.02 bits per heavy atom. The van der Waals surface area contributed by atoms with Gasteiger partial charge in [0.1, 0.15) is 17.2 Å². The number of rotatable bonds is 23. The summed E-state index contributed by atoms with van der Waals surface area (Å²) in [5, 5.41) is 3.22. The predicted octanol–water partition coefficient (Wildman–Crippen LogP) is 5.73. The van der Waals surface area contributed by atoms with Gasteiger partial charge in [-0.1, -0.05) is 18.2 Å². The van der Waals surface area contributed by atoms with Crippen molar-refractivity contribution in [1.82, 2.24) is 5.32 Å². The molecule has 1 N–H and O–H groups in total. The molecule has 0 unspecified atom stereocenters. The number of anilines is 1. The van der Waals surface area contributed by atoms with Gasteiger partial charge in [-0.25, -0.2) is 12.8 Å². The maximum atomic E-state index is 13.7. The molecule has 0 saturated heterocycles. The summed E-state index contributed by atoms with van der Waals surface area (Å²) in [4.78, 5) is 24.5. The summed E-state index contributed by atoms with van der Waals surface area (Å²) in [6.07, 6.45) is 2.94. The molecule has 1 aliphatic rings. The van der Waals surface area contributed by atoms with Gasteiger partial charge in [-0.3, -0.25) is 13.9 Å². The van der Waals surface area contributed by atoms with Crippen LogP contribution >= 0.6 is 0 Å². The number of amides is 1. The van der Waals surface area contributed by atoms with Crippen LogP contribution < -0.4 is 9.62 Å². The molecule has 1 aliphatic carbocycles. The van der Waals surface area contributed by atoms with Crippen LogP contribution in [0.4, 0.5) is 10.1 Å². The molecule has 1 aromatic heterocycles. The van der Waals surface area contributed by atoms with Gasteiger partial charge < -0.3 is 33.4 Å². The van der Waals surface area contributed by atoms with Gasteiger partial charge in [0, 0.05) is 29.6 Å². The van der Waals surface area contributed by atoms with Gasteiger partial charge in [0.2, 0.25) is 10.0 Å². The number of ether oxygens (including phenoxy) is 5. The Balaban J connectivity index is 1.04. The van der Waals surface area contributed by atoms with Crippen molar-refractivity contribution >= 4 is 38.4 Å². The number of benzene rings is 3. The van der Waals surface area contributed by atoms with Gasteiger partial charge in [0.15, 0.2) is 5.78 Å². The molecule has 1 fully saturated rings. The lowest BCUT2D eigenvalue weighted by Gasteiger charge is -2.25. The Labute approximate surface area is 309 Å². The summed E-state index contributed by atoms with van der Waals surface area (Å²) in [5.41, 5.74) is 4.07. The second kappa shape index (κ2) is 19.2. The third kappa shape index (κ3) is 11.4. The van der Waals surface area contributed by atoms with Crippen LogP contribution in [0.15, 0.2) is 65.1 Å². The molecule has 0 radical (unpaired) electrons. The van der Waals surface area contributed by atoms with Gasteiger partial charge in [-0.15, -0.1) is 0 Å². The molecule has 1 amide bonds. The van der Waals surface area contributed by atoms with E-state index in [1.807, 2.05) is 24.3 Å². The first kappa shape index (κ1) is 40.0. The first-order valence-electron chi connectivity index (χ1n) is 17.6. The quantitative estimate of drug-likeness (QED) is 0.0738. The number of fused-ring (bicyclic) bond motifs is 1. The predicted molar refractivity (Wildman–Crippen MR) is 199 cm³/mol. The molecule has 0 aliphatic heterocycles. The molecule has 5 rings (SSSR count). The summed E-state index contributed by atoms with van der Waals surface area (Å²) in [7, 11) is -2.19. The molecule has 0 bridgehead atoms. The van der Waals surface area contributed by atoms with Crippen LogP contribution in [0, 0.1) is 5.82 Å². The highest BCUT2D eigenvalue weighted by Gasteiger charge is 2.33. The average molecular weight is 755 g/mol. The van der Waals surface area contributed by atoms with E-state index in [9.17, 15) is 22.4 Å². The standard InChI is InChI=1S/C39H47FN2O10S/c1-27(43)31-6-4-5-28(23-31)26-51-22-21-50-20-19-49-18-17-48-16-15-47-14-13-42(53(3,45)46)35-25-36-34(24-33(35)29-7-8-29)37(39(44)41-2)38(52-36)30-9-11-32(40)12-10-30/h4-6,9-12,23-25,29H,7-8,13-22,26H2,1-3H3,(H,41,44). The van der Waals surface area contributed by atoms with Crippen molar-refractivity contribution in [3.8, 4) is 11.3 Å². The number of halogens is 1. The van der Waals surface area contributed by atoms with Crippen LogP contribution in [-0.2, 0) is 40.3 Å². The third-order valence-corrected chi connectivity index (χ3v) is 9.79. The number of nitrogens with zero attached hydrogens (tertiary/aromatic N) is 1. The van der Waals surface area contributed by atoms with E-state index in [2.05, 4.69) is 5.32 Å². The van der Waals surface area contributed by atoms with Crippen LogP contribution in [0.2, 0.25) is 0 Å². The summed E-state index contributed by atoms with van der Waals surface area (Å²) < 4.78 is 75.3. The fourth-order valence-electron chi connectivity index (χ4n) is 5.80. The third-order valence-electron chi connectivity index (χ3n) is 8.61. The fourth-order valence-corrected chi connectivity index (χ4v) is 6.72. The van der Waals surface area contributed by atoms with Crippen molar-refractivity contribution in [3.05, 3.63) is 88.7 Å². The van der Waals surface area contributed by atoms with E-state index in [1.165, 1.54) is 42.5 Å². The van der Waals surface area contributed by atoms with Crippen LogP contribution in [-0.4, -0.2) is 99.4 Å². The molecule has 0 atom stereocenters. The van der Waals surface area contributed by atoms with Crippen molar-refractivity contribution < 1.29 is 50.5 Å². The lowest BCUT2D eigenvalue weighted by atomic mass is 10.0. The maximum Gasteiger partial charge on any atom is 0.255 e. The minimum absolute atomic E-state index is 0.0218. The fraction of sp³-hybridized carbons (Fsp3) is 0.436. The average Bonchev–Trinajstić information content (AvgIpc) is 3.92. The van der Waals surface area contributed by atoms with E-state index in [0.29, 0.717) is 86.2 Å². The molecule has 53 heavy (non-hydrogen) atoms. The van der Waals surface area contributed by atoms with Crippen molar-refractivity contribution in [2.45, 2.75) is 32.3 Å². The van der Waals surface area contributed by atoms with Gasteiger partial charge in [0.05, 0.1) is 90.1 Å². The molecule has 3 aromatic carbocycles. The second-order valence-corrected chi connectivity index (χ2v) is 14.6. The highest BCUT2D eigenvalue weighted by Crippen LogP contribution is 2.48. The molecule has 12 nitrogen and oxygen atoms in total. The van der Waals surface area contributed by atoms with E-state index in [-0.39, 0.29) is 43.1 Å². The Kier molecular flexibility index (Phi) is 14.5. The van der Waals surface area contributed by atoms with Crippen LogP contribution in [0.1, 0.15) is 57.5 Å². The van der Waals surface area contributed by atoms with Crippen LogP contribution in [0.25, 0.3) is 22.3 Å². The molecule has 286 valence electrons. The molecule has 14 heteroatoms. The monoisotopic (exact) mass is 754 g/mol. The Hall–Kier alpha value is -4.18. The van der Waals surface area contributed by atoms with Crippen molar-refractivity contribution in [2.75, 3.05) is 83.6 Å². The van der Waals surface area contributed by atoms with Crippen molar-refractivity contribution in [1.29, 1.82) is 0 Å². The SMILES string of the molecule is CNC(=O)c1c(-c2ccc(F)cc2)oc2cc(N(CCOCCOCCOCCOCCOCc3cccc(C(C)=O)c3)S(C)(=O)=O)c(C3CC3)cc12. The normalized spacial score (nSPS) is 13.1. The zero-order valence-corrected chi connectivity index (χ0v) is 31.2. The number of carbonyl (C=O) groups is 2. The topological polar surface area (TPSA) is 143 Å². The Morgan fingerprint density at radius 1 is 0.849 bits per heavy atom. The molecular weight excluding hydrogens is 707 g/mol. The van der Waals surface area contributed by atoms with E-state index in [1.54, 1.807) is 12.1 Å². The lowest BCUT2D eigenvalue weighted by Crippen LogP contribution is -2.34. The number of carbonyl (C=O) groups excluding carboxylic acids is 2. The van der Waals surface area contributed by atoms with Gasteiger partial charge >= 0.3 is 0 Å². The van der Waals surface area contributed by atoms with Gasteiger partial charge in [-0.2, -0.15) is 0 Å². The first-order valence-corrected chi connectivity index (χ1v) is 19.5. The largest absolute Gasteiger partial charge is 0.455 e. The minimum atomic E-state index is -3.72. The number of nitrogens with one attached hydrogen (secondary N) is 1. The summed E-state index contributed by atoms with van der Waals surface area (Å²) in [6.45, 7) is 5.16. The summed E-state index contributed by atoms with van der Waals surface area (Å²) in [5.74, 6) is -0.337. The smallest absolute Gasteiger partial charge is 0.255 e. The number of ketones is 1. The van der Waals surface area contributed by atoms with Gasteiger partial charge in [-0.05, 0) is 73.2 Å². The van der Waals surface area contributed by atoms with Crippen molar-refractivity contribution in [2.24, 2.45) is 0 Å². The summed E-state index contributed by atoms with van der Waals surface area (Å²) >= 11 is 0. The number of furan rings is 1. The Bertz CT molecular complexity index is 1940. The van der Waals surface area contributed by atoms with Crippen LogP contribution in [0.3, 0.4) is 0 Å². The first-order chi connectivity index (χ1) is 25.6. The highest BCUT2D eigenvalue weighted by molar-refractivity contribution is 7.92. The molecule has 0 spiro atoms. The second-order valence-electron chi connectivity index (χ2n) is 12.7. The highest BCUT2D eigenvalue weighted by atomic mass is 32.2. The maximum absolute atomic E-state index is 13.7. The number of sulfonamides is 1. The summed E-state index contributed by atoms with van der Waals surface area (Å²) in [6, 6.07) is 16.5. The number of hydrogen-bond acceptors (Lipinski definition) is 10. The number of hydrogen-bond donors (Lipinski definition) is 1. The lowest BCUT2D eigenvalue weighted by molar-refractivity contribution is -0.0119. The van der Waals surface area contributed by atoms with Gasteiger partial charge in [0.25, 0.3) is 5.91 Å². The number of Topliss-reactive ketones (excluding diaryl/α,β-unsaturated/α-hetero) is 1. The van der Waals surface area contributed by atoms with Crippen molar-refractivity contribution in [3.63, 3.8) is 0 Å². The zero-order valence-electron chi connectivity index (χ0n) is 30.4. The van der Waals surface area contributed by atoms with E-state index in [0.717, 1.165) is 30.2 Å². The van der Waals surface area contributed by atoms with E-state index in [4.69, 9.17) is 28.1 Å². The molecular formula is C39H47FN2O10S.